The molecule has 1 fully saturated rings. The van der Waals surface area contributed by atoms with E-state index in [9.17, 15) is 24.8 Å². The van der Waals surface area contributed by atoms with Gasteiger partial charge in [-0.15, -0.1) is 0 Å². The summed E-state index contributed by atoms with van der Waals surface area (Å²) in [6, 6.07) is 4.96. The topological polar surface area (TPSA) is 166 Å². The van der Waals surface area contributed by atoms with Crippen LogP contribution in [0.2, 0.25) is 0 Å². The highest BCUT2D eigenvalue weighted by molar-refractivity contribution is 5.77. The van der Waals surface area contributed by atoms with Gasteiger partial charge in [0.05, 0.1) is 17.6 Å². The highest BCUT2D eigenvalue weighted by atomic mass is 16.6. The monoisotopic (exact) mass is 460 g/mol. The Morgan fingerprint density at radius 1 is 1.39 bits per heavy atom. The van der Waals surface area contributed by atoms with Crippen molar-refractivity contribution in [1.29, 1.82) is 0 Å². The van der Waals surface area contributed by atoms with Crippen LogP contribution in [-0.2, 0) is 9.53 Å². The third-order valence-corrected chi connectivity index (χ3v) is 4.69. The zero-order valence-electron chi connectivity index (χ0n) is 17.9. The molecule has 176 valence electrons. The van der Waals surface area contributed by atoms with Crippen LogP contribution in [0.1, 0.15) is 31.2 Å². The standard InChI is InChI=1S/C21H24N4O8/c1-2-31-16-10-13(6-8-17-23-20(27)19(25(29)30)21(28)24-17)5-7-15(16)33-12-18(26)22-11-14-4-3-9-32-14/h5-8,10,14H,2-4,9,11-12H2,1H3,(H,22,26)(H2,23,24,27,28)/b8-6+/t14-/m1/s1. The molecule has 1 aliphatic rings. The minimum atomic E-state index is -1.07. The van der Waals surface area contributed by atoms with Crippen molar-refractivity contribution in [1.82, 2.24) is 15.3 Å². The number of nitrogens with one attached hydrogen (secondary N) is 2. The fourth-order valence-electron chi connectivity index (χ4n) is 3.13. The minimum Gasteiger partial charge on any atom is -0.490 e. The van der Waals surface area contributed by atoms with E-state index in [4.69, 9.17) is 14.2 Å². The largest absolute Gasteiger partial charge is 0.490 e. The normalized spacial score (nSPS) is 15.5. The number of H-pyrrole nitrogens is 1. The summed E-state index contributed by atoms with van der Waals surface area (Å²) >= 11 is 0. The molecule has 0 unspecified atom stereocenters. The second kappa shape index (κ2) is 11.1. The zero-order chi connectivity index (χ0) is 23.8. The molecule has 2 aromatic rings. The molecule has 3 rings (SSSR count). The van der Waals surface area contributed by atoms with Gasteiger partial charge in [0.1, 0.15) is 5.82 Å². The van der Waals surface area contributed by atoms with Gasteiger partial charge in [0.25, 0.3) is 11.8 Å². The van der Waals surface area contributed by atoms with Crippen molar-refractivity contribution >= 4 is 23.7 Å². The van der Waals surface area contributed by atoms with Crippen molar-refractivity contribution in [2.45, 2.75) is 25.9 Å². The molecule has 0 aliphatic carbocycles. The maximum Gasteiger partial charge on any atom is 0.395 e. The van der Waals surface area contributed by atoms with Gasteiger partial charge in [0, 0.05) is 13.2 Å². The molecular formula is C21H24N4O8. The number of hydrogen-bond acceptors (Lipinski definition) is 9. The van der Waals surface area contributed by atoms with E-state index in [2.05, 4.69) is 15.3 Å². The van der Waals surface area contributed by atoms with Gasteiger partial charge in [-0.3, -0.25) is 19.7 Å². The van der Waals surface area contributed by atoms with Crippen molar-refractivity contribution in [2.24, 2.45) is 0 Å². The summed E-state index contributed by atoms with van der Waals surface area (Å²) < 4.78 is 16.6. The Kier molecular flexibility index (Phi) is 7.97. The SMILES string of the molecule is CCOc1cc(/C=C/c2nc(O)c([N+](=O)[O-])c(=O)[nH]2)ccc1OCC(=O)NC[C@H]1CCCO1. The van der Waals surface area contributed by atoms with Gasteiger partial charge < -0.3 is 29.6 Å². The Balaban J connectivity index is 1.66. The molecule has 3 N–H and O–H groups in total. The van der Waals surface area contributed by atoms with Crippen molar-refractivity contribution < 1.29 is 29.0 Å². The van der Waals surface area contributed by atoms with Crippen molar-refractivity contribution in [3.63, 3.8) is 0 Å². The quantitative estimate of drug-likeness (QED) is 0.353. The first-order valence-electron chi connectivity index (χ1n) is 10.3. The predicted octanol–water partition coefficient (Wildman–Crippen LogP) is 1.63. The van der Waals surface area contributed by atoms with E-state index in [1.807, 2.05) is 0 Å². The molecule has 1 saturated heterocycles. The Hall–Kier alpha value is -3.93. The number of aromatic nitrogens is 2. The number of ether oxygens (including phenoxy) is 3. The van der Waals surface area contributed by atoms with Crippen LogP contribution in [0.4, 0.5) is 5.69 Å². The number of nitro groups is 1. The summed E-state index contributed by atoms with van der Waals surface area (Å²) in [5, 5.41) is 23.2. The molecule has 0 radical (unpaired) electrons. The number of nitrogens with zero attached hydrogens (tertiary/aromatic N) is 2. The summed E-state index contributed by atoms with van der Waals surface area (Å²) in [5.74, 6) is -0.533. The van der Waals surface area contributed by atoms with Crippen LogP contribution in [0.3, 0.4) is 0 Å². The number of amides is 1. The molecule has 1 amide bonds. The van der Waals surface area contributed by atoms with E-state index in [0.717, 1.165) is 12.8 Å². The molecule has 2 heterocycles. The second-order valence-corrected chi connectivity index (χ2v) is 7.08. The lowest BCUT2D eigenvalue weighted by molar-refractivity contribution is -0.387. The van der Waals surface area contributed by atoms with Crippen LogP contribution in [-0.4, -0.2) is 58.4 Å². The number of benzene rings is 1. The van der Waals surface area contributed by atoms with Crippen LogP contribution in [0, 0.1) is 10.1 Å². The Labute approximate surface area is 188 Å². The van der Waals surface area contributed by atoms with Crippen LogP contribution < -0.4 is 20.3 Å². The number of aromatic hydroxyl groups is 1. The fraction of sp³-hybridized carbons (Fsp3) is 0.381. The fourth-order valence-corrected chi connectivity index (χ4v) is 3.13. The molecule has 12 nitrogen and oxygen atoms in total. The number of carbonyl (C=O) groups excluding carboxylic acids is 1. The smallest absolute Gasteiger partial charge is 0.395 e. The lowest BCUT2D eigenvalue weighted by Crippen LogP contribution is -2.35. The van der Waals surface area contributed by atoms with Crippen molar-refractivity contribution in [3.8, 4) is 17.4 Å². The first kappa shape index (κ1) is 23.7. The maximum absolute atomic E-state index is 12.0. The third kappa shape index (κ3) is 6.53. The average Bonchev–Trinajstić information content (AvgIpc) is 3.29. The first-order chi connectivity index (χ1) is 15.9. The third-order valence-electron chi connectivity index (χ3n) is 4.69. The lowest BCUT2D eigenvalue weighted by Gasteiger charge is -2.14. The molecule has 12 heteroatoms. The average molecular weight is 460 g/mol. The van der Waals surface area contributed by atoms with E-state index in [1.165, 1.54) is 6.08 Å². The predicted molar refractivity (Wildman–Crippen MR) is 117 cm³/mol. The lowest BCUT2D eigenvalue weighted by atomic mass is 10.2. The summed E-state index contributed by atoms with van der Waals surface area (Å²) in [7, 11) is 0. The van der Waals surface area contributed by atoms with Gasteiger partial charge in [0.15, 0.2) is 18.1 Å². The van der Waals surface area contributed by atoms with E-state index in [0.29, 0.717) is 36.8 Å². The number of hydrogen-bond donors (Lipinski definition) is 3. The van der Waals surface area contributed by atoms with Gasteiger partial charge in [-0.25, -0.2) is 0 Å². The van der Waals surface area contributed by atoms with Crippen molar-refractivity contribution in [2.75, 3.05) is 26.4 Å². The molecule has 1 aromatic carbocycles. The molecule has 1 aromatic heterocycles. The minimum absolute atomic E-state index is 0.0427. The van der Waals surface area contributed by atoms with Gasteiger partial charge in [0.2, 0.25) is 0 Å². The van der Waals surface area contributed by atoms with Crippen LogP contribution in [0.5, 0.6) is 17.4 Å². The van der Waals surface area contributed by atoms with Crippen LogP contribution in [0.15, 0.2) is 23.0 Å². The molecule has 0 saturated carbocycles. The number of rotatable bonds is 10. The highest BCUT2D eigenvalue weighted by Crippen LogP contribution is 2.29. The summed E-state index contributed by atoms with van der Waals surface area (Å²) in [6.07, 6.45) is 4.89. The summed E-state index contributed by atoms with van der Waals surface area (Å²) in [5.41, 5.74) is -1.45. The second-order valence-electron chi connectivity index (χ2n) is 7.08. The Morgan fingerprint density at radius 3 is 2.88 bits per heavy atom. The van der Waals surface area contributed by atoms with Gasteiger partial charge in [-0.2, -0.15) is 4.98 Å². The first-order valence-corrected chi connectivity index (χ1v) is 10.3. The summed E-state index contributed by atoms with van der Waals surface area (Å²) in [4.78, 5) is 39.4. The van der Waals surface area contributed by atoms with E-state index < -0.39 is 22.0 Å². The molecular weight excluding hydrogens is 436 g/mol. The number of aromatic amines is 1. The van der Waals surface area contributed by atoms with Crippen LogP contribution >= 0.6 is 0 Å². The molecule has 33 heavy (non-hydrogen) atoms. The van der Waals surface area contributed by atoms with Crippen LogP contribution in [0.25, 0.3) is 12.2 Å². The van der Waals surface area contributed by atoms with E-state index >= 15 is 0 Å². The Morgan fingerprint density at radius 2 is 2.21 bits per heavy atom. The van der Waals surface area contributed by atoms with E-state index in [1.54, 1.807) is 31.2 Å². The van der Waals surface area contributed by atoms with Gasteiger partial charge in [-0.1, -0.05) is 12.1 Å². The number of carbonyl (C=O) groups is 1. The molecule has 0 spiro atoms. The highest BCUT2D eigenvalue weighted by Gasteiger charge is 2.21. The molecule has 1 atom stereocenters. The Bertz CT molecular complexity index is 1090. The van der Waals surface area contributed by atoms with Gasteiger partial charge >= 0.3 is 11.2 Å². The zero-order valence-corrected chi connectivity index (χ0v) is 17.9. The summed E-state index contributed by atoms with van der Waals surface area (Å²) in [6.45, 7) is 3.13. The molecule has 1 aliphatic heterocycles. The maximum atomic E-state index is 12.0. The molecule has 0 bridgehead atoms. The van der Waals surface area contributed by atoms with Gasteiger partial charge in [-0.05, 0) is 43.5 Å². The van der Waals surface area contributed by atoms with Crippen molar-refractivity contribution in [3.05, 3.63) is 50.1 Å². The van der Waals surface area contributed by atoms with E-state index in [-0.39, 0.29) is 24.4 Å².